The van der Waals surface area contributed by atoms with Gasteiger partial charge < -0.3 is 16.2 Å². The van der Waals surface area contributed by atoms with Gasteiger partial charge in [0.2, 0.25) is 5.91 Å². The lowest BCUT2D eigenvalue weighted by Gasteiger charge is -2.32. The van der Waals surface area contributed by atoms with E-state index in [0.717, 1.165) is 0 Å². The average molecular weight is 244 g/mol. The van der Waals surface area contributed by atoms with Crippen molar-refractivity contribution in [2.24, 2.45) is 16.6 Å². The number of rotatable bonds is 3. The maximum Gasteiger partial charge on any atom is 0.326 e. The molecule has 1 unspecified atom stereocenters. The normalized spacial score (nSPS) is 16.2. The SMILES string of the molecule is CC(C)(C)C(N)C(=O)N[C@H](C(=O)O)C(C)(C)C. The molecule has 1 amide bonds. The Kier molecular flexibility index (Phi) is 4.71. The van der Waals surface area contributed by atoms with Gasteiger partial charge >= 0.3 is 5.97 Å². The molecule has 5 heteroatoms. The van der Waals surface area contributed by atoms with Crippen molar-refractivity contribution in [3.63, 3.8) is 0 Å². The van der Waals surface area contributed by atoms with Crippen LogP contribution in [0.1, 0.15) is 41.5 Å². The predicted molar refractivity (Wildman–Crippen MR) is 66.5 cm³/mol. The Morgan fingerprint density at radius 1 is 1.06 bits per heavy atom. The highest BCUT2D eigenvalue weighted by Gasteiger charge is 2.36. The van der Waals surface area contributed by atoms with Crippen LogP contribution in [0.2, 0.25) is 0 Å². The van der Waals surface area contributed by atoms with Crippen LogP contribution in [-0.2, 0) is 9.59 Å². The van der Waals surface area contributed by atoms with Crippen molar-refractivity contribution < 1.29 is 14.7 Å². The minimum atomic E-state index is -1.05. The van der Waals surface area contributed by atoms with Gasteiger partial charge in [-0.2, -0.15) is 0 Å². The number of hydrogen-bond acceptors (Lipinski definition) is 3. The summed E-state index contributed by atoms with van der Waals surface area (Å²) in [4.78, 5) is 23.0. The minimum absolute atomic E-state index is 0.398. The standard InChI is InChI=1S/C12H24N2O3/c1-11(2,3)7(13)9(15)14-8(10(16)17)12(4,5)6/h7-8H,13H2,1-6H3,(H,14,15)(H,16,17)/t7?,8-/m1/s1. The fraction of sp³-hybridized carbons (Fsp3) is 0.833. The second-order valence-corrected chi connectivity index (χ2v) is 6.49. The molecule has 0 aliphatic carbocycles. The number of hydrogen-bond donors (Lipinski definition) is 3. The Bertz CT molecular complexity index is 300. The lowest BCUT2D eigenvalue weighted by atomic mass is 9.84. The molecule has 0 rings (SSSR count). The zero-order chi connectivity index (χ0) is 14.0. The summed E-state index contributed by atoms with van der Waals surface area (Å²) in [7, 11) is 0. The monoisotopic (exact) mass is 244 g/mol. The Morgan fingerprint density at radius 3 is 1.71 bits per heavy atom. The first-order chi connectivity index (χ1) is 7.37. The van der Waals surface area contributed by atoms with Gasteiger partial charge in [0.05, 0.1) is 6.04 Å². The Hall–Kier alpha value is -1.10. The molecule has 0 radical (unpaired) electrons. The van der Waals surface area contributed by atoms with Crippen LogP contribution in [0.3, 0.4) is 0 Å². The summed E-state index contributed by atoms with van der Waals surface area (Å²) in [5.74, 6) is -1.48. The van der Waals surface area contributed by atoms with E-state index in [2.05, 4.69) is 5.32 Å². The summed E-state index contributed by atoms with van der Waals surface area (Å²) in [6.45, 7) is 10.8. The van der Waals surface area contributed by atoms with Gasteiger partial charge in [-0.15, -0.1) is 0 Å². The third-order valence-electron chi connectivity index (χ3n) is 2.62. The van der Waals surface area contributed by atoms with Gasteiger partial charge in [0.15, 0.2) is 0 Å². The fourth-order valence-electron chi connectivity index (χ4n) is 1.27. The molecule has 0 heterocycles. The highest BCUT2D eigenvalue weighted by atomic mass is 16.4. The van der Waals surface area contributed by atoms with E-state index in [-0.39, 0.29) is 0 Å². The number of carbonyl (C=O) groups is 2. The van der Waals surface area contributed by atoms with Crippen LogP contribution in [-0.4, -0.2) is 29.1 Å². The smallest absolute Gasteiger partial charge is 0.326 e. The average Bonchev–Trinajstić information content (AvgIpc) is 2.08. The van der Waals surface area contributed by atoms with Gasteiger partial charge in [-0.1, -0.05) is 41.5 Å². The second kappa shape index (κ2) is 5.04. The lowest BCUT2D eigenvalue weighted by molar-refractivity contribution is -0.145. The van der Waals surface area contributed by atoms with E-state index in [1.165, 1.54) is 0 Å². The maximum absolute atomic E-state index is 11.9. The summed E-state index contributed by atoms with van der Waals surface area (Å²) < 4.78 is 0. The first-order valence-electron chi connectivity index (χ1n) is 5.66. The predicted octanol–water partition coefficient (Wildman–Crippen LogP) is 0.975. The van der Waals surface area contributed by atoms with E-state index in [1.807, 2.05) is 20.8 Å². The van der Waals surface area contributed by atoms with Gasteiger partial charge in [-0.25, -0.2) is 4.79 Å². The molecule has 0 aromatic heterocycles. The molecule has 0 bridgehead atoms. The van der Waals surface area contributed by atoms with E-state index in [4.69, 9.17) is 10.8 Å². The number of carbonyl (C=O) groups excluding carboxylic acids is 1. The summed E-state index contributed by atoms with van der Waals surface area (Å²) in [6, 6.07) is -1.67. The van der Waals surface area contributed by atoms with Gasteiger partial charge in [-0.3, -0.25) is 4.79 Å². The molecule has 0 aromatic rings. The fourth-order valence-corrected chi connectivity index (χ4v) is 1.27. The largest absolute Gasteiger partial charge is 0.480 e. The summed E-state index contributed by atoms with van der Waals surface area (Å²) in [5, 5.41) is 11.6. The Labute approximate surface area is 103 Å². The third kappa shape index (κ3) is 4.73. The van der Waals surface area contributed by atoms with E-state index in [9.17, 15) is 9.59 Å². The summed E-state index contributed by atoms with van der Waals surface area (Å²) in [6.07, 6.45) is 0. The molecule has 0 saturated carbocycles. The van der Waals surface area contributed by atoms with Crippen molar-refractivity contribution in [1.29, 1.82) is 0 Å². The van der Waals surface area contributed by atoms with Crippen molar-refractivity contribution >= 4 is 11.9 Å². The van der Waals surface area contributed by atoms with E-state index in [0.29, 0.717) is 0 Å². The van der Waals surface area contributed by atoms with Crippen LogP contribution in [0.25, 0.3) is 0 Å². The Morgan fingerprint density at radius 2 is 1.47 bits per heavy atom. The zero-order valence-corrected chi connectivity index (χ0v) is 11.5. The number of nitrogens with one attached hydrogen (secondary N) is 1. The van der Waals surface area contributed by atoms with Gasteiger partial charge in [0.1, 0.15) is 6.04 Å². The van der Waals surface area contributed by atoms with Gasteiger partial charge in [0.25, 0.3) is 0 Å². The van der Waals surface area contributed by atoms with Crippen LogP contribution in [0.15, 0.2) is 0 Å². The van der Waals surface area contributed by atoms with Crippen molar-refractivity contribution in [3.05, 3.63) is 0 Å². The molecule has 17 heavy (non-hydrogen) atoms. The van der Waals surface area contributed by atoms with E-state index < -0.39 is 34.8 Å². The van der Waals surface area contributed by atoms with Gasteiger partial charge in [0, 0.05) is 0 Å². The van der Waals surface area contributed by atoms with Crippen molar-refractivity contribution in [2.45, 2.75) is 53.6 Å². The van der Waals surface area contributed by atoms with Crippen LogP contribution >= 0.6 is 0 Å². The second-order valence-electron chi connectivity index (χ2n) is 6.49. The van der Waals surface area contributed by atoms with Crippen molar-refractivity contribution in [3.8, 4) is 0 Å². The van der Waals surface area contributed by atoms with Crippen molar-refractivity contribution in [1.82, 2.24) is 5.32 Å². The topological polar surface area (TPSA) is 92.4 Å². The molecule has 0 saturated heterocycles. The molecule has 0 aliphatic rings. The highest BCUT2D eigenvalue weighted by Crippen LogP contribution is 2.21. The number of amides is 1. The first-order valence-corrected chi connectivity index (χ1v) is 5.66. The lowest BCUT2D eigenvalue weighted by Crippen LogP contribution is -2.56. The van der Waals surface area contributed by atoms with E-state index in [1.54, 1.807) is 20.8 Å². The van der Waals surface area contributed by atoms with Gasteiger partial charge in [-0.05, 0) is 10.8 Å². The number of aliphatic carboxylic acids is 1. The quantitative estimate of drug-likeness (QED) is 0.690. The summed E-state index contributed by atoms with van der Waals surface area (Å²) in [5.41, 5.74) is 4.83. The number of nitrogens with two attached hydrogens (primary N) is 1. The van der Waals surface area contributed by atoms with Crippen LogP contribution < -0.4 is 11.1 Å². The van der Waals surface area contributed by atoms with E-state index >= 15 is 0 Å². The molecule has 5 nitrogen and oxygen atoms in total. The number of carboxylic acids is 1. The minimum Gasteiger partial charge on any atom is -0.480 e. The van der Waals surface area contributed by atoms with Crippen LogP contribution in [0, 0.1) is 10.8 Å². The number of carboxylic acid groups (broad SMARTS) is 1. The molecular weight excluding hydrogens is 220 g/mol. The summed E-state index contributed by atoms with van der Waals surface area (Å²) >= 11 is 0. The molecule has 4 N–H and O–H groups in total. The molecule has 0 spiro atoms. The molecular formula is C12H24N2O3. The zero-order valence-electron chi connectivity index (χ0n) is 11.5. The molecule has 100 valence electrons. The Balaban J connectivity index is 4.82. The molecule has 0 aromatic carbocycles. The first kappa shape index (κ1) is 15.9. The third-order valence-corrected chi connectivity index (χ3v) is 2.62. The molecule has 0 aliphatic heterocycles. The molecule has 2 atom stereocenters. The highest BCUT2D eigenvalue weighted by molar-refractivity contribution is 5.87. The maximum atomic E-state index is 11.9. The van der Waals surface area contributed by atoms with Crippen LogP contribution in [0.4, 0.5) is 0 Å². The molecule has 0 fully saturated rings. The van der Waals surface area contributed by atoms with Crippen LogP contribution in [0.5, 0.6) is 0 Å². The van der Waals surface area contributed by atoms with Crippen molar-refractivity contribution in [2.75, 3.05) is 0 Å².